The molecule has 0 unspecified atom stereocenters. The lowest BCUT2D eigenvalue weighted by atomic mass is 10.3. The van der Waals surface area contributed by atoms with Crippen molar-refractivity contribution in [2.45, 2.75) is 0 Å². The monoisotopic (exact) mass is 246 g/mol. The second-order valence-electron chi connectivity index (χ2n) is 2.66. The molecule has 5 heteroatoms. The Kier molecular flexibility index (Phi) is 2.98. The van der Waals surface area contributed by atoms with Gasteiger partial charge in [0.15, 0.2) is 0 Å². The van der Waals surface area contributed by atoms with E-state index in [1.54, 1.807) is 14.1 Å². The van der Waals surface area contributed by atoms with Crippen LogP contribution in [0.25, 0.3) is 0 Å². The van der Waals surface area contributed by atoms with Gasteiger partial charge >= 0.3 is 0 Å². The summed E-state index contributed by atoms with van der Waals surface area (Å²) in [6.45, 7) is 0. The highest BCUT2D eigenvalue weighted by Gasteiger charge is 2.14. The van der Waals surface area contributed by atoms with Crippen molar-refractivity contribution in [3.8, 4) is 0 Å². The van der Waals surface area contributed by atoms with Crippen LogP contribution in [0, 0.1) is 5.95 Å². The number of rotatable bonds is 1. The maximum atomic E-state index is 12.7. The zero-order valence-electron chi connectivity index (χ0n) is 7.21. The van der Waals surface area contributed by atoms with E-state index < -0.39 is 5.95 Å². The number of carbonyl (C=O) groups is 1. The molecule has 1 amide bonds. The Labute approximate surface area is 83.7 Å². The van der Waals surface area contributed by atoms with Crippen LogP contribution < -0.4 is 0 Å². The van der Waals surface area contributed by atoms with Crippen molar-refractivity contribution in [2.24, 2.45) is 0 Å². The van der Waals surface area contributed by atoms with Crippen LogP contribution in [0.4, 0.5) is 4.39 Å². The first-order chi connectivity index (χ1) is 6.02. The zero-order chi connectivity index (χ0) is 10.0. The average molecular weight is 247 g/mol. The maximum Gasteiger partial charge on any atom is 0.273 e. The minimum absolute atomic E-state index is 0.0880. The van der Waals surface area contributed by atoms with E-state index in [1.165, 1.54) is 17.0 Å². The fraction of sp³-hybridized carbons (Fsp3) is 0.250. The van der Waals surface area contributed by atoms with Gasteiger partial charge in [-0.05, 0) is 28.1 Å². The highest BCUT2D eigenvalue weighted by Crippen LogP contribution is 2.15. The molecule has 0 fully saturated rings. The third kappa shape index (κ3) is 2.24. The molecular weight excluding hydrogens is 239 g/mol. The molecule has 1 rings (SSSR count). The number of hydrogen-bond donors (Lipinski definition) is 0. The van der Waals surface area contributed by atoms with Crippen molar-refractivity contribution < 1.29 is 9.18 Å². The molecule has 70 valence electrons. The summed E-state index contributed by atoms with van der Waals surface area (Å²) in [5.74, 6) is -0.986. The van der Waals surface area contributed by atoms with Crippen molar-refractivity contribution in [1.82, 2.24) is 9.88 Å². The van der Waals surface area contributed by atoms with Crippen LogP contribution in [0.2, 0.25) is 0 Å². The van der Waals surface area contributed by atoms with Gasteiger partial charge in [-0.25, -0.2) is 4.98 Å². The molecule has 3 nitrogen and oxygen atoms in total. The number of halogens is 2. The summed E-state index contributed by atoms with van der Waals surface area (Å²) in [6, 6.07) is 2.65. The predicted molar refractivity (Wildman–Crippen MR) is 49.9 cm³/mol. The van der Waals surface area contributed by atoms with E-state index in [0.29, 0.717) is 4.47 Å². The molecule has 0 atom stereocenters. The van der Waals surface area contributed by atoms with Gasteiger partial charge in [-0.2, -0.15) is 4.39 Å². The third-order valence-electron chi connectivity index (χ3n) is 1.42. The van der Waals surface area contributed by atoms with Gasteiger partial charge in [0, 0.05) is 18.6 Å². The first-order valence-electron chi connectivity index (χ1n) is 3.56. The quantitative estimate of drug-likeness (QED) is 0.707. The van der Waals surface area contributed by atoms with Gasteiger partial charge in [0.1, 0.15) is 5.69 Å². The van der Waals surface area contributed by atoms with E-state index in [-0.39, 0.29) is 11.6 Å². The van der Waals surface area contributed by atoms with Gasteiger partial charge in [0.05, 0.1) is 0 Å². The van der Waals surface area contributed by atoms with Crippen molar-refractivity contribution >= 4 is 21.8 Å². The second kappa shape index (κ2) is 3.83. The summed E-state index contributed by atoms with van der Waals surface area (Å²) >= 11 is 3.12. The minimum Gasteiger partial charge on any atom is -0.343 e. The average Bonchev–Trinajstić information content (AvgIpc) is 2.08. The molecule has 0 saturated heterocycles. The zero-order valence-corrected chi connectivity index (χ0v) is 8.80. The molecule has 0 N–H and O–H groups in total. The first kappa shape index (κ1) is 10.1. The molecule has 0 aliphatic rings. The Morgan fingerprint density at radius 2 is 2.15 bits per heavy atom. The molecule has 1 aromatic rings. The lowest BCUT2D eigenvalue weighted by Gasteiger charge is -2.10. The predicted octanol–water partition coefficient (Wildman–Crippen LogP) is 1.69. The topological polar surface area (TPSA) is 33.2 Å². The molecule has 1 aromatic heterocycles. The molecule has 0 aromatic carbocycles. The highest BCUT2D eigenvalue weighted by atomic mass is 79.9. The van der Waals surface area contributed by atoms with Crippen molar-refractivity contribution in [3.63, 3.8) is 0 Å². The summed E-state index contributed by atoms with van der Waals surface area (Å²) in [7, 11) is 3.17. The largest absolute Gasteiger partial charge is 0.343 e. The molecule has 0 aliphatic carbocycles. The Morgan fingerprint density at radius 1 is 1.54 bits per heavy atom. The van der Waals surface area contributed by atoms with Gasteiger partial charge in [0.25, 0.3) is 5.91 Å². The minimum atomic E-state index is -0.659. The van der Waals surface area contributed by atoms with Crippen LogP contribution in [-0.2, 0) is 0 Å². The van der Waals surface area contributed by atoms with Gasteiger partial charge in [-0.15, -0.1) is 0 Å². The lowest BCUT2D eigenvalue weighted by molar-refractivity contribution is 0.0819. The van der Waals surface area contributed by atoms with Crippen LogP contribution in [0.15, 0.2) is 16.6 Å². The highest BCUT2D eigenvalue weighted by molar-refractivity contribution is 9.10. The number of pyridine rings is 1. The number of carbonyl (C=O) groups excluding carboxylic acids is 1. The Bertz CT molecular complexity index is 341. The van der Waals surface area contributed by atoms with Crippen LogP contribution in [0.1, 0.15) is 10.5 Å². The summed E-state index contributed by atoms with van der Waals surface area (Å²) in [5.41, 5.74) is 0.0880. The standard InChI is InChI=1S/C8H8BrFN2O/c1-12(2)8(13)7-5(9)3-4-6(10)11-7/h3-4H,1-2H3. The van der Waals surface area contributed by atoms with E-state index in [9.17, 15) is 9.18 Å². The summed E-state index contributed by atoms with van der Waals surface area (Å²) in [6.07, 6.45) is 0. The second-order valence-corrected chi connectivity index (χ2v) is 3.52. The molecule has 0 bridgehead atoms. The van der Waals surface area contributed by atoms with Crippen LogP contribution in [0.3, 0.4) is 0 Å². The summed E-state index contributed by atoms with van der Waals surface area (Å²) in [4.78, 5) is 16.2. The van der Waals surface area contributed by atoms with E-state index in [2.05, 4.69) is 20.9 Å². The normalized spacial score (nSPS) is 9.85. The van der Waals surface area contributed by atoms with Gasteiger partial charge in [0.2, 0.25) is 5.95 Å². The molecule has 13 heavy (non-hydrogen) atoms. The molecular formula is C8H8BrFN2O. The van der Waals surface area contributed by atoms with Crippen LogP contribution in [-0.4, -0.2) is 29.9 Å². The van der Waals surface area contributed by atoms with E-state index in [1.807, 2.05) is 0 Å². The SMILES string of the molecule is CN(C)C(=O)c1nc(F)ccc1Br. The Balaban J connectivity index is 3.13. The number of hydrogen-bond acceptors (Lipinski definition) is 2. The molecule has 0 saturated carbocycles. The van der Waals surface area contributed by atoms with Gasteiger partial charge in [-0.1, -0.05) is 0 Å². The molecule has 0 spiro atoms. The molecule has 0 radical (unpaired) electrons. The van der Waals surface area contributed by atoms with E-state index >= 15 is 0 Å². The number of nitrogens with zero attached hydrogens (tertiary/aromatic N) is 2. The van der Waals surface area contributed by atoms with Crippen LogP contribution >= 0.6 is 15.9 Å². The van der Waals surface area contributed by atoms with Crippen LogP contribution in [0.5, 0.6) is 0 Å². The number of aromatic nitrogens is 1. The van der Waals surface area contributed by atoms with E-state index in [4.69, 9.17) is 0 Å². The van der Waals surface area contributed by atoms with Crippen molar-refractivity contribution in [1.29, 1.82) is 0 Å². The molecule has 0 aliphatic heterocycles. The lowest BCUT2D eigenvalue weighted by Crippen LogP contribution is -2.23. The van der Waals surface area contributed by atoms with Crippen molar-refractivity contribution in [2.75, 3.05) is 14.1 Å². The van der Waals surface area contributed by atoms with E-state index in [0.717, 1.165) is 0 Å². The van der Waals surface area contributed by atoms with Crippen molar-refractivity contribution in [3.05, 3.63) is 28.2 Å². The fourth-order valence-corrected chi connectivity index (χ4v) is 1.17. The maximum absolute atomic E-state index is 12.7. The Hall–Kier alpha value is -0.970. The van der Waals surface area contributed by atoms with Gasteiger partial charge < -0.3 is 4.90 Å². The summed E-state index contributed by atoms with van der Waals surface area (Å²) in [5, 5.41) is 0. The molecule has 1 heterocycles. The number of amides is 1. The first-order valence-corrected chi connectivity index (χ1v) is 4.35. The fourth-order valence-electron chi connectivity index (χ4n) is 0.780. The van der Waals surface area contributed by atoms with Gasteiger partial charge in [-0.3, -0.25) is 4.79 Å². The smallest absolute Gasteiger partial charge is 0.273 e. The summed E-state index contributed by atoms with van der Waals surface area (Å²) < 4.78 is 13.2. The third-order valence-corrected chi connectivity index (χ3v) is 2.06. The Morgan fingerprint density at radius 3 is 2.69 bits per heavy atom.